The van der Waals surface area contributed by atoms with Crippen LogP contribution in [0.25, 0.3) is 0 Å². The molecule has 0 spiro atoms. The largest absolute Gasteiger partial charge is 0.480 e. The van der Waals surface area contributed by atoms with E-state index in [1.807, 2.05) is 0 Å². The minimum absolute atomic E-state index is 0.0987. The lowest BCUT2D eigenvalue weighted by atomic mass is 9.95. The summed E-state index contributed by atoms with van der Waals surface area (Å²) in [5, 5.41) is 11.4. The lowest BCUT2D eigenvalue weighted by Crippen LogP contribution is -2.44. The van der Waals surface area contributed by atoms with E-state index in [4.69, 9.17) is 10.8 Å². The van der Waals surface area contributed by atoms with E-state index in [1.165, 1.54) is 0 Å². The number of carboxylic acids is 1. The molecule has 0 aromatic carbocycles. The van der Waals surface area contributed by atoms with Gasteiger partial charge in [-0.05, 0) is 31.7 Å². The van der Waals surface area contributed by atoms with E-state index >= 15 is 0 Å². The van der Waals surface area contributed by atoms with Gasteiger partial charge < -0.3 is 16.2 Å². The average Bonchev–Trinajstić information content (AvgIpc) is 2.72. The van der Waals surface area contributed by atoms with Crippen molar-refractivity contribution in [3.05, 3.63) is 0 Å². The minimum Gasteiger partial charge on any atom is -0.480 e. The summed E-state index contributed by atoms with van der Waals surface area (Å²) in [4.78, 5) is 22.7. The number of aliphatic carboxylic acids is 1. The van der Waals surface area contributed by atoms with E-state index in [0.717, 1.165) is 19.3 Å². The predicted octanol–water partition coefficient (Wildman–Crippen LogP) is 0.341. The molecule has 0 saturated heterocycles. The smallest absolute Gasteiger partial charge is 0.326 e. The van der Waals surface area contributed by atoms with Gasteiger partial charge in [0.05, 0.1) is 0 Å². The summed E-state index contributed by atoms with van der Waals surface area (Å²) >= 11 is 0. The molecule has 0 aromatic heterocycles. The molecule has 0 bridgehead atoms. The van der Waals surface area contributed by atoms with E-state index in [1.54, 1.807) is 6.92 Å². The fourth-order valence-electron chi connectivity index (χ4n) is 2.28. The first-order valence-corrected chi connectivity index (χ1v) is 5.83. The molecule has 0 aromatic rings. The first-order valence-electron chi connectivity index (χ1n) is 5.83. The third-order valence-electron chi connectivity index (χ3n) is 3.32. The monoisotopic (exact) mass is 228 g/mol. The van der Waals surface area contributed by atoms with Crippen LogP contribution in [0.15, 0.2) is 0 Å². The molecule has 4 N–H and O–H groups in total. The normalized spacial score (nSPS) is 26.4. The van der Waals surface area contributed by atoms with Gasteiger partial charge >= 0.3 is 5.97 Å². The van der Waals surface area contributed by atoms with Crippen molar-refractivity contribution in [1.82, 2.24) is 5.32 Å². The number of rotatable bonds is 5. The zero-order valence-electron chi connectivity index (χ0n) is 9.61. The number of nitrogens with two attached hydrogens (primary N) is 1. The molecule has 3 atom stereocenters. The van der Waals surface area contributed by atoms with Gasteiger partial charge in [0.15, 0.2) is 0 Å². The maximum absolute atomic E-state index is 11.9. The molecule has 5 heteroatoms. The molecule has 1 rings (SSSR count). The zero-order chi connectivity index (χ0) is 12.1. The Balaban J connectivity index is 2.54. The van der Waals surface area contributed by atoms with Gasteiger partial charge in [0, 0.05) is 5.92 Å². The number of carbonyl (C=O) groups is 2. The lowest BCUT2D eigenvalue weighted by Gasteiger charge is -2.20. The number of nitrogens with one attached hydrogen (secondary N) is 1. The van der Waals surface area contributed by atoms with E-state index in [-0.39, 0.29) is 17.7 Å². The van der Waals surface area contributed by atoms with Gasteiger partial charge in [0.2, 0.25) is 5.91 Å². The van der Waals surface area contributed by atoms with Gasteiger partial charge in [-0.15, -0.1) is 0 Å². The van der Waals surface area contributed by atoms with Gasteiger partial charge in [0.1, 0.15) is 6.04 Å². The first-order chi connectivity index (χ1) is 7.60. The van der Waals surface area contributed by atoms with Crippen LogP contribution in [0.1, 0.15) is 32.6 Å². The van der Waals surface area contributed by atoms with Gasteiger partial charge in [0.25, 0.3) is 0 Å². The van der Waals surface area contributed by atoms with Crippen LogP contribution in [0.2, 0.25) is 0 Å². The van der Waals surface area contributed by atoms with Crippen LogP contribution in [-0.2, 0) is 9.59 Å². The van der Waals surface area contributed by atoms with Crippen molar-refractivity contribution in [2.75, 3.05) is 6.54 Å². The maximum atomic E-state index is 11.9. The lowest BCUT2D eigenvalue weighted by molar-refractivity contribution is -0.142. The molecule has 1 fully saturated rings. The Morgan fingerprint density at radius 3 is 2.69 bits per heavy atom. The number of hydrogen-bond acceptors (Lipinski definition) is 3. The van der Waals surface area contributed by atoms with Crippen molar-refractivity contribution >= 4 is 11.9 Å². The highest BCUT2D eigenvalue weighted by molar-refractivity contribution is 5.85. The van der Waals surface area contributed by atoms with Gasteiger partial charge in [-0.2, -0.15) is 0 Å². The molecule has 0 heterocycles. The van der Waals surface area contributed by atoms with E-state index in [9.17, 15) is 9.59 Å². The third kappa shape index (κ3) is 2.95. The summed E-state index contributed by atoms with van der Waals surface area (Å²) < 4.78 is 0. The minimum atomic E-state index is -0.974. The van der Waals surface area contributed by atoms with Crippen LogP contribution in [0.5, 0.6) is 0 Å². The molecule has 0 radical (unpaired) electrons. The molecule has 1 aliphatic rings. The Bertz CT molecular complexity index is 268. The van der Waals surface area contributed by atoms with Gasteiger partial charge in [-0.3, -0.25) is 4.79 Å². The number of carboxylic acid groups (broad SMARTS) is 1. The Kier molecular flexibility index (Phi) is 4.73. The second-order valence-electron chi connectivity index (χ2n) is 4.34. The second kappa shape index (κ2) is 5.84. The van der Waals surface area contributed by atoms with Crippen molar-refractivity contribution in [3.8, 4) is 0 Å². The van der Waals surface area contributed by atoms with Crippen LogP contribution in [0.4, 0.5) is 0 Å². The van der Waals surface area contributed by atoms with Gasteiger partial charge in [-0.25, -0.2) is 4.79 Å². The molecule has 5 nitrogen and oxygen atoms in total. The molecular formula is C11H20N2O3. The van der Waals surface area contributed by atoms with Gasteiger partial charge in [-0.1, -0.05) is 13.3 Å². The average molecular weight is 228 g/mol. The fourth-order valence-corrected chi connectivity index (χ4v) is 2.28. The van der Waals surface area contributed by atoms with E-state index < -0.39 is 12.0 Å². The third-order valence-corrected chi connectivity index (χ3v) is 3.32. The molecule has 16 heavy (non-hydrogen) atoms. The number of amides is 1. The van der Waals surface area contributed by atoms with Crippen molar-refractivity contribution in [3.63, 3.8) is 0 Å². The van der Waals surface area contributed by atoms with Crippen LogP contribution >= 0.6 is 0 Å². The van der Waals surface area contributed by atoms with E-state index in [2.05, 4.69) is 5.32 Å². The fraction of sp³-hybridized carbons (Fsp3) is 0.818. The standard InChI is InChI=1S/C11H20N2O3/c1-2-9(11(15)16)13-10(14)8-5-3-4-7(8)6-12/h7-9H,2-6,12H2,1H3,(H,13,14)(H,15,16)/t7?,8?,9-/m1/s1. The topological polar surface area (TPSA) is 92.4 Å². The molecule has 0 aliphatic heterocycles. The summed E-state index contributed by atoms with van der Waals surface area (Å²) in [6, 6.07) is -0.772. The molecule has 1 saturated carbocycles. The van der Waals surface area contributed by atoms with Crippen molar-refractivity contribution in [1.29, 1.82) is 0 Å². The number of hydrogen-bond donors (Lipinski definition) is 3. The summed E-state index contributed by atoms with van der Waals surface area (Å²) in [5.41, 5.74) is 5.59. The number of carbonyl (C=O) groups excluding carboxylic acids is 1. The molecular weight excluding hydrogens is 208 g/mol. The molecule has 1 aliphatic carbocycles. The van der Waals surface area contributed by atoms with Crippen LogP contribution in [-0.4, -0.2) is 29.6 Å². The van der Waals surface area contributed by atoms with Crippen LogP contribution in [0.3, 0.4) is 0 Å². The summed E-state index contributed by atoms with van der Waals surface area (Å²) in [6.45, 7) is 2.25. The maximum Gasteiger partial charge on any atom is 0.326 e. The van der Waals surface area contributed by atoms with Crippen LogP contribution < -0.4 is 11.1 Å². The van der Waals surface area contributed by atoms with Crippen molar-refractivity contribution < 1.29 is 14.7 Å². The SMILES string of the molecule is CC[C@@H](NC(=O)C1CCCC1CN)C(=O)O. The van der Waals surface area contributed by atoms with E-state index in [0.29, 0.717) is 13.0 Å². The Morgan fingerprint density at radius 2 is 2.19 bits per heavy atom. The molecule has 92 valence electrons. The molecule has 1 amide bonds. The second-order valence-corrected chi connectivity index (χ2v) is 4.34. The summed E-state index contributed by atoms with van der Waals surface area (Å²) in [5.74, 6) is -1.01. The highest BCUT2D eigenvalue weighted by Gasteiger charge is 2.33. The summed E-state index contributed by atoms with van der Waals surface area (Å²) in [7, 11) is 0. The summed E-state index contributed by atoms with van der Waals surface area (Å²) in [6.07, 6.45) is 3.20. The van der Waals surface area contributed by atoms with Crippen LogP contribution in [0, 0.1) is 11.8 Å². The Hall–Kier alpha value is -1.10. The Labute approximate surface area is 95.4 Å². The first kappa shape index (κ1) is 13.0. The zero-order valence-corrected chi connectivity index (χ0v) is 9.61. The molecule has 2 unspecified atom stereocenters. The highest BCUT2D eigenvalue weighted by atomic mass is 16.4. The highest BCUT2D eigenvalue weighted by Crippen LogP contribution is 2.31. The van der Waals surface area contributed by atoms with Crippen molar-refractivity contribution in [2.45, 2.75) is 38.6 Å². The quantitative estimate of drug-likeness (QED) is 0.632. The Morgan fingerprint density at radius 1 is 1.50 bits per heavy atom. The van der Waals surface area contributed by atoms with Crippen molar-refractivity contribution in [2.24, 2.45) is 17.6 Å². The predicted molar refractivity (Wildman–Crippen MR) is 59.7 cm³/mol.